The van der Waals surface area contributed by atoms with E-state index in [1.807, 2.05) is 43.5 Å². The highest BCUT2D eigenvalue weighted by Gasteiger charge is 2.37. The second kappa shape index (κ2) is 3.99. The zero-order valence-electron chi connectivity index (χ0n) is 8.86. The molecular formula is C13H15NO. The maximum absolute atomic E-state index is 12.0. The highest BCUT2D eigenvalue weighted by atomic mass is 16.1. The molecule has 0 spiro atoms. The Morgan fingerprint density at radius 3 is 2.60 bits per heavy atom. The summed E-state index contributed by atoms with van der Waals surface area (Å²) >= 11 is 0. The Morgan fingerprint density at radius 2 is 2.00 bits per heavy atom. The summed E-state index contributed by atoms with van der Waals surface area (Å²) in [4.78, 5) is 12.0. The number of ketones is 1. The predicted molar refractivity (Wildman–Crippen MR) is 60.6 cm³/mol. The van der Waals surface area contributed by atoms with Crippen molar-refractivity contribution in [1.82, 2.24) is 5.32 Å². The van der Waals surface area contributed by atoms with E-state index >= 15 is 0 Å². The molecule has 0 amide bonds. The van der Waals surface area contributed by atoms with Gasteiger partial charge in [-0.1, -0.05) is 36.4 Å². The number of hydrogen-bond donors (Lipinski definition) is 1. The first-order chi connectivity index (χ1) is 7.29. The molecule has 0 saturated heterocycles. The van der Waals surface area contributed by atoms with Crippen LogP contribution in [-0.2, 0) is 10.3 Å². The van der Waals surface area contributed by atoms with Crippen molar-refractivity contribution < 1.29 is 4.79 Å². The molecule has 1 aliphatic rings. The van der Waals surface area contributed by atoms with Crippen LogP contribution in [0.3, 0.4) is 0 Å². The van der Waals surface area contributed by atoms with Crippen molar-refractivity contribution >= 4 is 5.78 Å². The van der Waals surface area contributed by atoms with Gasteiger partial charge in [-0.3, -0.25) is 4.79 Å². The zero-order chi connectivity index (χ0) is 10.7. The van der Waals surface area contributed by atoms with Crippen LogP contribution < -0.4 is 5.32 Å². The lowest BCUT2D eigenvalue weighted by atomic mass is 9.79. The second-order valence-electron chi connectivity index (χ2n) is 3.83. The average molecular weight is 201 g/mol. The fraction of sp³-hybridized carbons (Fsp3) is 0.308. The van der Waals surface area contributed by atoms with Crippen molar-refractivity contribution in [2.75, 3.05) is 7.05 Å². The largest absolute Gasteiger partial charge is 0.304 e. The smallest absolute Gasteiger partial charge is 0.179 e. The summed E-state index contributed by atoms with van der Waals surface area (Å²) in [5, 5.41) is 3.18. The molecule has 0 radical (unpaired) electrons. The van der Waals surface area contributed by atoms with E-state index in [2.05, 4.69) is 5.32 Å². The first-order valence-corrected chi connectivity index (χ1v) is 5.25. The van der Waals surface area contributed by atoms with Gasteiger partial charge in [0.15, 0.2) is 5.78 Å². The van der Waals surface area contributed by atoms with Gasteiger partial charge in [0.25, 0.3) is 0 Å². The average Bonchev–Trinajstić information content (AvgIpc) is 2.31. The Bertz CT molecular complexity index is 383. The van der Waals surface area contributed by atoms with Crippen molar-refractivity contribution in [3.63, 3.8) is 0 Å². The van der Waals surface area contributed by atoms with Crippen LogP contribution in [0.2, 0.25) is 0 Å². The van der Waals surface area contributed by atoms with Crippen molar-refractivity contribution in [3.8, 4) is 0 Å². The van der Waals surface area contributed by atoms with Gasteiger partial charge in [-0.15, -0.1) is 0 Å². The number of likely N-dealkylation sites (N-methyl/N-ethyl adjacent to an activating group) is 1. The monoisotopic (exact) mass is 201 g/mol. The Kier molecular flexibility index (Phi) is 2.69. The van der Waals surface area contributed by atoms with E-state index in [1.54, 1.807) is 6.08 Å². The molecule has 0 saturated carbocycles. The Labute approximate surface area is 90.0 Å². The van der Waals surface area contributed by atoms with Crippen molar-refractivity contribution in [2.45, 2.75) is 18.4 Å². The van der Waals surface area contributed by atoms with E-state index in [0.29, 0.717) is 0 Å². The van der Waals surface area contributed by atoms with Gasteiger partial charge in [0.05, 0.1) is 0 Å². The van der Waals surface area contributed by atoms with E-state index in [1.165, 1.54) is 0 Å². The first kappa shape index (κ1) is 10.1. The van der Waals surface area contributed by atoms with Crippen LogP contribution in [-0.4, -0.2) is 12.8 Å². The molecule has 0 aliphatic heterocycles. The molecule has 1 aliphatic carbocycles. The maximum atomic E-state index is 12.0. The number of nitrogens with one attached hydrogen (secondary N) is 1. The third-order valence-electron chi connectivity index (χ3n) is 3.07. The first-order valence-electron chi connectivity index (χ1n) is 5.25. The fourth-order valence-corrected chi connectivity index (χ4v) is 2.16. The molecular weight excluding hydrogens is 186 g/mol. The van der Waals surface area contributed by atoms with E-state index in [9.17, 15) is 4.79 Å². The minimum absolute atomic E-state index is 0.155. The molecule has 0 fully saturated rings. The number of carbonyl (C=O) groups excluding carboxylic acids is 1. The number of hydrogen-bond acceptors (Lipinski definition) is 2. The Hall–Kier alpha value is -1.41. The molecule has 2 heteroatoms. The van der Waals surface area contributed by atoms with Gasteiger partial charge in [-0.2, -0.15) is 0 Å². The molecule has 0 heterocycles. The Morgan fingerprint density at radius 1 is 1.27 bits per heavy atom. The van der Waals surface area contributed by atoms with Crippen LogP contribution in [0.4, 0.5) is 0 Å². The lowest BCUT2D eigenvalue weighted by Crippen LogP contribution is -2.47. The third-order valence-corrected chi connectivity index (χ3v) is 3.07. The summed E-state index contributed by atoms with van der Waals surface area (Å²) in [6.07, 6.45) is 5.41. The van der Waals surface area contributed by atoms with Gasteiger partial charge in [0.1, 0.15) is 5.54 Å². The van der Waals surface area contributed by atoms with E-state index in [0.717, 1.165) is 18.4 Å². The minimum atomic E-state index is -0.504. The van der Waals surface area contributed by atoms with E-state index in [4.69, 9.17) is 0 Å². The van der Waals surface area contributed by atoms with Crippen LogP contribution in [0.25, 0.3) is 0 Å². The van der Waals surface area contributed by atoms with Crippen LogP contribution in [0.15, 0.2) is 42.5 Å². The van der Waals surface area contributed by atoms with Crippen LogP contribution in [0.1, 0.15) is 18.4 Å². The number of carbonyl (C=O) groups is 1. The predicted octanol–water partition coefficient (Wildman–Crippen LogP) is 2.02. The summed E-state index contributed by atoms with van der Waals surface area (Å²) in [6.45, 7) is 0. The molecule has 1 atom stereocenters. The van der Waals surface area contributed by atoms with Crippen LogP contribution in [0, 0.1) is 0 Å². The number of rotatable bonds is 2. The van der Waals surface area contributed by atoms with Crippen molar-refractivity contribution in [3.05, 3.63) is 48.0 Å². The van der Waals surface area contributed by atoms with E-state index < -0.39 is 5.54 Å². The summed E-state index contributed by atoms with van der Waals surface area (Å²) in [5.74, 6) is 0.155. The van der Waals surface area contributed by atoms with Crippen LogP contribution in [0.5, 0.6) is 0 Å². The molecule has 0 bridgehead atoms. The fourth-order valence-electron chi connectivity index (χ4n) is 2.16. The molecule has 78 valence electrons. The van der Waals surface area contributed by atoms with Crippen molar-refractivity contribution in [1.29, 1.82) is 0 Å². The highest BCUT2D eigenvalue weighted by molar-refractivity contribution is 5.99. The van der Waals surface area contributed by atoms with Gasteiger partial charge < -0.3 is 5.32 Å². The van der Waals surface area contributed by atoms with Crippen molar-refractivity contribution in [2.24, 2.45) is 0 Å². The van der Waals surface area contributed by atoms with E-state index in [-0.39, 0.29) is 5.78 Å². The summed E-state index contributed by atoms with van der Waals surface area (Å²) in [6, 6.07) is 9.93. The zero-order valence-corrected chi connectivity index (χ0v) is 8.86. The molecule has 1 aromatic rings. The molecule has 2 nitrogen and oxygen atoms in total. The topological polar surface area (TPSA) is 29.1 Å². The summed E-state index contributed by atoms with van der Waals surface area (Å²) in [7, 11) is 1.85. The molecule has 1 aromatic carbocycles. The van der Waals surface area contributed by atoms with Gasteiger partial charge in [-0.25, -0.2) is 0 Å². The second-order valence-corrected chi connectivity index (χ2v) is 3.83. The molecule has 2 rings (SSSR count). The number of allylic oxidation sites excluding steroid dienone is 1. The normalized spacial score (nSPS) is 25.5. The highest BCUT2D eigenvalue weighted by Crippen LogP contribution is 2.30. The van der Waals surface area contributed by atoms with Gasteiger partial charge in [-0.05, 0) is 31.5 Å². The van der Waals surface area contributed by atoms with Gasteiger partial charge >= 0.3 is 0 Å². The Balaban J connectivity index is 2.46. The summed E-state index contributed by atoms with van der Waals surface area (Å²) < 4.78 is 0. The third kappa shape index (κ3) is 1.61. The number of benzene rings is 1. The minimum Gasteiger partial charge on any atom is -0.304 e. The summed E-state index contributed by atoms with van der Waals surface area (Å²) in [5.41, 5.74) is 0.553. The quantitative estimate of drug-likeness (QED) is 0.793. The SMILES string of the molecule is CNC1(c2ccccc2)CCC=CC1=O. The van der Waals surface area contributed by atoms with Gasteiger partial charge in [0, 0.05) is 0 Å². The lowest BCUT2D eigenvalue weighted by Gasteiger charge is -2.33. The molecule has 1 unspecified atom stereocenters. The maximum Gasteiger partial charge on any atom is 0.179 e. The lowest BCUT2D eigenvalue weighted by molar-refractivity contribution is -0.121. The van der Waals surface area contributed by atoms with Gasteiger partial charge in [0.2, 0.25) is 0 Å². The standard InChI is InChI=1S/C13H15NO/c1-14-13(10-6-5-9-12(13)15)11-7-3-2-4-8-11/h2-5,7-9,14H,6,10H2,1H3. The van der Waals surface area contributed by atoms with Crippen LogP contribution >= 0.6 is 0 Å². The molecule has 1 N–H and O–H groups in total. The molecule has 0 aromatic heterocycles. The molecule has 15 heavy (non-hydrogen) atoms.